The molecule has 0 radical (unpaired) electrons. The molecule has 2 saturated heterocycles. The summed E-state index contributed by atoms with van der Waals surface area (Å²) in [5.41, 5.74) is 0.325. The first-order chi connectivity index (χ1) is 10.2. The number of hydrogen-bond donors (Lipinski definition) is 2. The molecule has 0 amide bonds. The molecule has 0 bridgehead atoms. The van der Waals surface area contributed by atoms with Gasteiger partial charge in [0.25, 0.3) is 0 Å². The minimum Gasteiger partial charge on any atom is -0.381 e. The molecule has 2 atom stereocenters. The van der Waals surface area contributed by atoms with Crippen LogP contribution in [0.3, 0.4) is 0 Å². The Hall–Kier alpha value is -0.160. The van der Waals surface area contributed by atoms with Crippen molar-refractivity contribution in [3.05, 3.63) is 0 Å². The van der Waals surface area contributed by atoms with E-state index in [1.54, 1.807) is 0 Å². The maximum absolute atomic E-state index is 5.87. The molecule has 0 aromatic heterocycles. The minimum atomic E-state index is 0.159. The molecule has 2 heterocycles. The number of ether oxygens (including phenoxy) is 2. The van der Waals surface area contributed by atoms with Gasteiger partial charge in [-0.1, -0.05) is 0 Å². The van der Waals surface area contributed by atoms with E-state index in [4.69, 9.17) is 9.47 Å². The fourth-order valence-corrected chi connectivity index (χ4v) is 3.95. The minimum absolute atomic E-state index is 0.159. The summed E-state index contributed by atoms with van der Waals surface area (Å²) in [6.07, 6.45) is 4.67. The fourth-order valence-electron chi connectivity index (χ4n) is 3.95. The molecular weight excluding hydrogens is 276 g/mol. The first-order valence-corrected chi connectivity index (χ1v) is 8.94. The summed E-state index contributed by atoms with van der Waals surface area (Å²) < 4.78 is 11.3. The Bertz CT molecular complexity index is 332. The van der Waals surface area contributed by atoms with E-state index >= 15 is 0 Å². The first-order valence-electron chi connectivity index (χ1n) is 8.94. The zero-order chi connectivity index (χ0) is 16.2. The van der Waals surface area contributed by atoms with Crippen LogP contribution in [0.4, 0.5) is 0 Å². The molecule has 4 nitrogen and oxygen atoms in total. The van der Waals surface area contributed by atoms with Crippen molar-refractivity contribution in [1.29, 1.82) is 0 Å². The Morgan fingerprint density at radius 1 is 0.864 bits per heavy atom. The van der Waals surface area contributed by atoms with Crippen LogP contribution in [0.1, 0.15) is 60.3 Å². The van der Waals surface area contributed by atoms with Gasteiger partial charge in [-0.3, -0.25) is 0 Å². The van der Waals surface area contributed by atoms with Crippen LogP contribution in [-0.4, -0.2) is 49.6 Å². The molecule has 0 saturated carbocycles. The summed E-state index contributed by atoms with van der Waals surface area (Å²) in [6.45, 7) is 14.9. The third kappa shape index (κ3) is 6.53. The zero-order valence-corrected chi connectivity index (χ0v) is 15.2. The molecule has 0 spiro atoms. The van der Waals surface area contributed by atoms with Gasteiger partial charge in [0.2, 0.25) is 0 Å². The van der Waals surface area contributed by atoms with Crippen LogP contribution < -0.4 is 10.6 Å². The van der Waals surface area contributed by atoms with Crippen molar-refractivity contribution in [1.82, 2.24) is 10.6 Å². The quantitative estimate of drug-likeness (QED) is 0.819. The second-order valence-corrected chi connectivity index (χ2v) is 8.85. The Balaban J connectivity index is 1.80. The van der Waals surface area contributed by atoms with Gasteiger partial charge in [-0.05, 0) is 66.2 Å². The Labute approximate surface area is 136 Å². The molecule has 2 N–H and O–H groups in total. The normalized spacial score (nSPS) is 28.8. The molecule has 2 rings (SSSR count). The maximum Gasteiger partial charge on any atom is 0.0620 e. The second kappa shape index (κ2) is 7.61. The average molecular weight is 312 g/mol. The van der Waals surface area contributed by atoms with E-state index in [1.807, 2.05) is 0 Å². The summed E-state index contributed by atoms with van der Waals surface area (Å²) in [4.78, 5) is 0. The number of nitrogens with one attached hydrogen (secondary N) is 2. The lowest BCUT2D eigenvalue weighted by Crippen LogP contribution is -2.52. The molecule has 130 valence electrons. The molecule has 4 heteroatoms. The van der Waals surface area contributed by atoms with Crippen molar-refractivity contribution >= 4 is 0 Å². The van der Waals surface area contributed by atoms with Crippen molar-refractivity contribution in [2.45, 2.75) is 83.5 Å². The van der Waals surface area contributed by atoms with Crippen molar-refractivity contribution in [2.75, 3.05) is 26.4 Å². The standard InChI is InChI=1S/C18H36N2O2/c1-17(2,3)19-16-10-14(12-22-13-16)11-18(4,5)20-15-6-8-21-9-7-15/h14-16,19-20H,6-13H2,1-5H3. The van der Waals surface area contributed by atoms with Gasteiger partial charge >= 0.3 is 0 Å². The number of rotatable bonds is 5. The molecule has 2 aliphatic heterocycles. The van der Waals surface area contributed by atoms with E-state index in [2.05, 4.69) is 45.3 Å². The van der Waals surface area contributed by atoms with Crippen LogP contribution in [-0.2, 0) is 9.47 Å². The van der Waals surface area contributed by atoms with Crippen molar-refractivity contribution < 1.29 is 9.47 Å². The molecule has 0 aromatic rings. The Morgan fingerprint density at radius 3 is 2.18 bits per heavy atom. The summed E-state index contributed by atoms with van der Waals surface area (Å²) in [7, 11) is 0. The van der Waals surface area contributed by atoms with Crippen molar-refractivity contribution in [3.8, 4) is 0 Å². The van der Waals surface area contributed by atoms with Crippen LogP contribution in [0, 0.1) is 5.92 Å². The lowest BCUT2D eigenvalue weighted by atomic mass is 9.84. The zero-order valence-electron chi connectivity index (χ0n) is 15.2. The molecule has 2 fully saturated rings. The van der Waals surface area contributed by atoms with E-state index < -0.39 is 0 Å². The monoisotopic (exact) mass is 312 g/mol. The predicted octanol–water partition coefficient (Wildman–Crippen LogP) is 2.72. The van der Waals surface area contributed by atoms with E-state index in [0.29, 0.717) is 18.0 Å². The van der Waals surface area contributed by atoms with Crippen LogP contribution >= 0.6 is 0 Å². The van der Waals surface area contributed by atoms with Gasteiger partial charge in [-0.2, -0.15) is 0 Å². The molecule has 2 aliphatic rings. The van der Waals surface area contributed by atoms with Gasteiger partial charge in [0.15, 0.2) is 0 Å². The fraction of sp³-hybridized carbons (Fsp3) is 1.00. The average Bonchev–Trinajstić information content (AvgIpc) is 2.36. The molecule has 0 aliphatic carbocycles. The highest BCUT2D eigenvalue weighted by molar-refractivity contribution is 4.89. The predicted molar refractivity (Wildman–Crippen MR) is 91.3 cm³/mol. The summed E-state index contributed by atoms with van der Waals surface area (Å²) >= 11 is 0. The van der Waals surface area contributed by atoms with Gasteiger partial charge in [0, 0.05) is 43.0 Å². The third-order valence-corrected chi connectivity index (χ3v) is 4.54. The molecule has 22 heavy (non-hydrogen) atoms. The second-order valence-electron chi connectivity index (χ2n) is 8.85. The van der Waals surface area contributed by atoms with Crippen LogP contribution in [0.2, 0.25) is 0 Å². The van der Waals surface area contributed by atoms with Gasteiger partial charge in [-0.25, -0.2) is 0 Å². The van der Waals surface area contributed by atoms with E-state index in [0.717, 1.165) is 39.3 Å². The van der Waals surface area contributed by atoms with Gasteiger partial charge in [-0.15, -0.1) is 0 Å². The first kappa shape index (κ1) is 18.2. The summed E-state index contributed by atoms with van der Waals surface area (Å²) in [6, 6.07) is 1.09. The van der Waals surface area contributed by atoms with Crippen LogP contribution in [0.5, 0.6) is 0 Å². The Kier molecular flexibility index (Phi) is 6.29. The topological polar surface area (TPSA) is 42.5 Å². The summed E-state index contributed by atoms with van der Waals surface area (Å²) in [5, 5.41) is 7.54. The highest BCUT2D eigenvalue weighted by Gasteiger charge is 2.31. The van der Waals surface area contributed by atoms with Crippen LogP contribution in [0.25, 0.3) is 0 Å². The SMILES string of the molecule is CC(C)(C)NC1COCC(CC(C)(C)NC2CCOCC2)C1. The van der Waals surface area contributed by atoms with E-state index in [9.17, 15) is 0 Å². The van der Waals surface area contributed by atoms with Crippen molar-refractivity contribution in [3.63, 3.8) is 0 Å². The highest BCUT2D eigenvalue weighted by Crippen LogP contribution is 2.26. The van der Waals surface area contributed by atoms with Gasteiger partial charge in [0.1, 0.15) is 0 Å². The van der Waals surface area contributed by atoms with Crippen molar-refractivity contribution in [2.24, 2.45) is 5.92 Å². The lowest BCUT2D eigenvalue weighted by molar-refractivity contribution is 0.00968. The summed E-state index contributed by atoms with van der Waals surface area (Å²) in [5.74, 6) is 0.635. The van der Waals surface area contributed by atoms with E-state index in [1.165, 1.54) is 12.8 Å². The third-order valence-electron chi connectivity index (χ3n) is 4.54. The molecular formula is C18H36N2O2. The van der Waals surface area contributed by atoms with Gasteiger partial charge in [0.05, 0.1) is 6.61 Å². The van der Waals surface area contributed by atoms with Gasteiger partial charge < -0.3 is 20.1 Å². The Morgan fingerprint density at radius 2 is 1.55 bits per heavy atom. The lowest BCUT2D eigenvalue weighted by Gasteiger charge is -2.40. The van der Waals surface area contributed by atoms with E-state index in [-0.39, 0.29) is 11.1 Å². The largest absolute Gasteiger partial charge is 0.381 e. The number of hydrogen-bond acceptors (Lipinski definition) is 4. The smallest absolute Gasteiger partial charge is 0.0620 e. The highest BCUT2D eigenvalue weighted by atomic mass is 16.5. The maximum atomic E-state index is 5.87. The van der Waals surface area contributed by atoms with Crippen LogP contribution in [0.15, 0.2) is 0 Å². The molecule has 2 unspecified atom stereocenters. The molecule has 0 aromatic carbocycles.